The van der Waals surface area contributed by atoms with Crippen molar-refractivity contribution in [1.82, 2.24) is 0 Å². The van der Waals surface area contributed by atoms with Gasteiger partial charge in [0, 0.05) is 21.1 Å². The number of rotatable bonds is 6. The first-order chi connectivity index (χ1) is 17.0. The predicted octanol–water partition coefficient (Wildman–Crippen LogP) is 8.03. The van der Waals surface area contributed by atoms with Gasteiger partial charge in [-0.25, -0.2) is 0 Å². The summed E-state index contributed by atoms with van der Waals surface area (Å²) in [6.45, 7) is 4.17. The zero-order valence-electron chi connectivity index (χ0n) is 19.7. The third-order valence-electron chi connectivity index (χ3n) is 6.21. The molecule has 0 saturated carbocycles. The number of para-hydroxylation sites is 2. The van der Waals surface area contributed by atoms with Crippen molar-refractivity contribution in [3.8, 4) is 0 Å². The van der Waals surface area contributed by atoms with Crippen LogP contribution in [0.1, 0.15) is 59.5 Å². The van der Waals surface area contributed by atoms with E-state index < -0.39 is 0 Å². The fourth-order valence-electron chi connectivity index (χ4n) is 4.55. The Labute approximate surface area is 213 Å². The summed E-state index contributed by atoms with van der Waals surface area (Å²) in [6.07, 6.45) is 3.04. The van der Waals surface area contributed by atoms with Gasteiger partial charge in [-0.2, -0.15) is 0 Å². The molecule has 0 bridgehead atoms. The summed E-state index contributed by atoms with van der Waals surface area (Å²) in [6, 6.07) is 23.1. The van der Waals surface area contributed by atoms with Crippen molar-refractivity contribution in [3.63, 3.8) is 0 Å². The quantitative estimate of drug-likeness (QED) is 0.283. The molecule has 2 aromatic carbocycles. The van der Waals surface area contributed by atoms with Crippen LogP contribution in [-0.2, 0) is 0 Å². The number of aryl methyl sites for hydroxylation is 2. The average molecular weight is 499 g/mol. The van der Waals surface area contributed by atoms with E-state index in [0.29, 0.717) is 9.75 Å². The number of benzene rings is 2. The maximum Gasteiger partial charge on any atom is 0.265 e. The van der Waals surface area contributed by atoms with E-state index >= 15 is 0 Å². The highest BCUT2D eigenvalue weighted by Crippen LogP contribution is 2.45. The number of anilines is 2. The Bertz CT molecular complexity index is 1310. The molecule has 1 aliphatic rings. The summed E-state index contributed by atoms with van der Waals surface area (Å²) in [5.74, 6) is -0.162. The highest BCUT2D eigenvalue weighted by molar-refractivity contribution is 7.14. The molecule has 0 unspecified atom stereocenters. The van der Waals surface area contributed by atoms with Crippen LogP contribution in [0.25, 0.3) is 11.1 Å². The minimum absolute atomic E-state index is 0.0812. The zero-order chi connectivity index (χ0) is 24.4. The molecule has 0 fully saturated rings. The lowest BCUT2D eigenvalue weighted by Gasteiger charge is -2.07. The lowest BCUT2D eigenvalue weighted by molar-refractivity contribution is 0.102. The molecule has 2 aromatic heterocycles. The third kappa shape index (κ3) is 4.99. The Hall–Kier alpha value is -3.48. The van der Waals surface area contributed by atoms with Crippen LogP contribution in [0.2, 0.25) is 0 Å². The first-order valence-electron chi connectivity index (χ1n) is 11.7. The molecule has 2 heterocycles. The standard InChI is InChI=1S/C29H26N2O2S2/c1-18-24(16-26(34-18)28(32)30-20-10-5-3-6-11-20)22-14-9-15-23(22)25-17-27(35-19(25)2)29(33)31-21-12-7-4-8-13-21/h3-8,10-13,16-17H,9,14-15H2,1-2H3,(H,30,32)(H,31,33). The van der Waals surface area contributed by atoms with Crippen LogP contribution in [0.4, 0.5) is 11.4 Å². The van der Waals surface area contributed by atoms with Crippen molar-refractivity contribution in [2.45, 2.75) is 33.1 Å². The van der Waals surface area contributed by atoms with E-state index in [2.05, 4.69) is 24.5 Å². The van der Waals surface area contributed by atoms with E-state index in [-0.39, 0.29) is 11.8 Å². The van der Waals surface area contributed by atoms with Gasteiger partial charge >= 0.3 is 0 Å². The van der Waals surface area contributed by atoms with Gasteiger partial charge in [-0.3, -0.25) is 9.59 Å². The van der Waals surface area contributed by atoms with Crippen LogP contribution < -0.4 is 10.6 Å². The smallest absolute Gasteiger partial charge is 0.265 e. The summed E-state index contributed by atoms with van der Waals surface area (Å²) >= 11 is 3.07. The molecule has 0 saturated heterocycles. The molecule has 6 heteroatoms. The van der Waals surface area contributed by atoms with Crippen LogP contribution in [0.15, 0.2) is 72.8 Å². The summed E-state index contributed by atoms with van der Waals surface area (Å²) in [5, 5.41) is 5.98. The largest absolute Gasteiger partial charge is 0.321 e. The molecule has 5 rings (SSSR count). The van der Waals surface area contributed by atoms with Crippen molar-refractivity contribution in [1.29, 1.82) is 0 Å². The van der Waals surface area contributed by atoms with Crippen molar-refractivity contribution in [3.05, 3.63) is 103 Å². The normalized spacial score (nSPS) is 13.2. The maximum atomic E-state index is 12.9. The number of carbonyl (C=O) groups excluding carboxylic acids is 2. The minimum atomic E-state index is -0.0812. The highest BCUT2D eigenvalue weighted by Gasteiger charge is 2.25. The molecular formula is C29H26N2O2S2. The van der Waals surface area contributed by atoms with E-state index in [1.165, 1.54) is 33.8 Å². The average Bonchev–Trinajstić information content (AvgIpc) is 3.58. The van der Waals surface area contributed by atoms with Crippen molar-refractivity contribution >= 4 is 57.0 Å². The van der Waals surface area contributed by atoms with Gasteiger partial charge in [0.05, 0.1) is 9.75 Å². The molecule has 0 atom stereocenters. The number of hydrogen-bond acceptors (Lipinski definition) is 4. The van der Waals surface area contributed by atoms with Crippen molar-refractivity contribution in [2.24, 2.45) is 0 Å². The second-order valence-corrected chi connectivity index (χ2v) is 11.1. The van der Waals surface area contributed by atoms with Gasteiger partial charge in [0.2, 0.25) is 0 Å². The lowest BCUT2D eigenvalue weighted by Crippen LogP contribution is -2.09. The number of allylic oxidation sites excluding steroid dienone is 2. The number of thiophene rings is 2. The fourth-order valence-corrected chi connectivity index (χ4v) is 6.44. The van der Waals surface area contributed by atoms with Gasteiger partial charge in [0.15, 0.2) is 0 Å². The van der Waals surface area contributed by atoms with Gasteiger partial charge in [-0.1, -0.05) is 36.4 Å². The summed E-state index contributed by atoms with van der Waals surface area (Å²) in [5.41, 5.74) is 6.49. The second kappa shape index (κ2) is 10.0. The molecule has 176 valence electrons. The number of hydrogen-bond donors (Lipinski definition) is 2. The minimum Gasteiger partial charge on any atom is -0.321 e. The summed E-state index contributed by atoms with van der Waals surface area (Å²) in [4.78, 5) is 29.5. The molecule has 0 radical (unpaired) electrons. The van der Waals surface area contributed by atoms with Crippen LogP contribution in [0.5, 0.6) is 0 Å². The summed E-state index contributed by atoms with van der Waals surface area (Å²) in [7, 11) is 0. The van der Waals surface area contributed by atoms with Crippen LogP contribution in [-0.4, -0.2) is 11.8 Å². The first kappa shape index (κ1) is 23.3. The van der Waals surface area contributed by atoms with Gasteiger partial charge in [0.25, 0.3) is 11.8 Å². The maximum absolute atomic E-state index is 12.9. The second-order valence-electron chi connectivity index (χ2n) is 8.61. The molecule has 2 amide bonds. The zero-order valence-corrected chi connectivity index (χ0v) is 21.3. The Balaban J connectivity index is 1.42. The van der Waals surface area contributed by atoms with Gasteiger partial charge < -0.3 is 10.6 Å². The van der Waals surface area contributed by atoms with Gasteiger partial charge in [0.1, 0.15) is 0 Å². The SMILES string of the molecule is Cc1sc(C(=O)Nc2ccccc2)cc1C1=C(c2cc(C(=O)Nc3ccccc3)sc2C)CCC1. The molecule has 0 spiro atoms. The van der Waals surface area contributed by atoms with E-state index in [0.717, 1.165) is 51.5 Å². The molecule has 4 aromatic rings. The number of amides is 2. The molecule has 4 nitrogen and oxygen atoms in total. The van der Waals surface area contributed by atoms with Crippen LogP contribution in [0.3, 0.4) is 0 Å². The highest BCUT2D eigenvalue weighted by atomic mass is 32.1. The Morgan fingerprint density at radius 1 is 0.657 bits per heavy atom. The van der Waals surface area contributed by atoms with E-state index in [4.69, 9.17) is 0 Å². The molecule has 35 heavy (non-hydrogen) atoms. The van der Waals surface area contributed by atoms with E-state index in [1.54, 1.807) is 0 Å². The Kier molecular flexibility index (Phi) is 6.66. The van der Waals surface area contributed by atoms with E-state index in [9.17, 15) is 9.59 Å². The predicted molar refractivity (Wildman–Crippen MR) is 148 cm³/mol. The van der Waals surface area contributed by atoms with Crippen LogP contribution in [0, 0.1) is 13.8 Å². The molecule has 2 N–H and O–H groups in total. The molecule has 0 aliphatic heterocycles. The molecular weight excluding hydrogens is 472 g/mol. The van der Waals surface area contributed by atoms with E-state index in [1.807, 2.05) is 72.8 Å². The number of carbonyl (C=O) groups is 2. The first-order valence-corrected chi connectivity index (χ1v) is 13.3. The molecule has 1 aliphatic carbocycles. The lowest BCUT2D eigenvalue weighted by atomic mass is 9.97. The van der Waals surface area contributed by atoms with Crippen molar-refractivity contribution < 1.29 is 9.59 Å². The topological polar surface area (TPSA) is 58.2 Å². The monoisotopic (exact) mass is 498 g/mol. The number of nitrogens with one attached hydrogen (secondary N) is 2. The van der Waals surface area contributed by atoms with Gasteiger partial charge in [-0.05, 0) is 91.8 Å². The summed E-state index contributed by atoms with van der Waals surface area (Å²) < 4.78 is 0. The Morgan fingerprint density at radius 2 is 1.06 bits per heavy atom. The fraction of sp³-hybridized carbons (Fsp3) is 0.172. The third-order valence-corrected chi connectivity index (χ3v) is 8.31. The van der Waals surface area contributed by atoms with Crippen LogP contribution >= 0.6 is 22.7 Å². The van der Waals surface area contributed by atoms with Crippen molar-refractivity contribution in [2.75, 3.05) is 10.6 Å². The Morgan fingerprint density at radius 3 is 1.46 bits per heavy atom. The van der Waals surface area contributed by atoms with Gasteiger partial charge in [-0.15, -0.1) is 22.7 Å².